The van der Waals surface area contributed by atoms with Crippen molar-refractivity contribution in [3.63, 3.8) is 0 Å². The first-order valence-electron chi connectivity index (χ1n) is 6.24. The van der Waals surface area contributed by atoms with E-state index in [1.807, 2.05) is 25.1 Å². The largest absolute Gasteiger partial charge is 0.493 e. The number of ether oxygens (including phenoxy) is 1. The molecule has 19 heavy (non-hydrogen) atoms. The molecule has 0 spiro atoms. The monoisotopic (exact) mass is 327 g/mol. The molecule has 0 bridgehead atoms. The van der Waals surface area contributed by atoms with E-state index in [1.54, 1.807) is 19.9 Å². The van der Waals surface area contributed by atoms with Gasteiger partial charge < -0.3 is 4.74 Å². The van der Waals surface area contributed by atoms with Crippen LogP contribution in [-0.4, -0.2) is 11.5 Å². The number of hydrogen-bond acceptors (Lipinski definition) is 3. The Morgan fingerprint density at radius 2 is 2.21 bits per heavy atom. The van der Waals surface area contributed by atoms with Crippen LogP contribution in [0.15, 0.2) is 28.4 Å². The van der Waals surface area contributed by atoms with E-state index >= 15 is 0 Å². The molecule has 0 saturated heterocycles. The van der Waals surface area contributed by atoms with Gasteiger partial charge in [0, 0.05) is 22.0 Å². The third kappa shape index (κ3) is 4.67. The molecule has 0 aliphatic heterocycles. The minimum atomic E-state index is -0.338. The van der Waals surface area contributed by atoms with Gasteiger partial charge in [-0.25, -0.2) is 0 Å². The number of allylic oxidation sites excluding steroid dienone is 1. The van der Waals surface area contributed by atoms with E-state index in [0.717, 1.165) is 16.5 Å². The van der Waals surface area contributed by atoms with Crippen LogP contribution >= 0.6 is 15.9 Å². The van der Waals surface area contributed by atoms with Gasteiger partial charge in [-0.1, -0.05) is 36.7 Å². The van der Waals surface area contributed by atoms with E-state index in [-0.39, 0.29) is 16.5 Å². The van der Waals surface area contributed by atoms with Crippen molar-refractivity contribution in [1.29, 1.82) is 0 Å². The average Bonchev–Trinajstić information content (AvgIpc) is 2.34. The van der Waals surface area contributed by atoms with Gasteiger partial charge in [-0.3, -0.25) is 10.1 Å². The highest BCUT2D eigenvalue weighted by Gasteiger charge is 2.17. The lowest BCUT2D eigenvalue weighted by atomic mass is 10.1. The molecular formula is C14H18BrNO3. The summed E-state index contributed by atoms with van der Waals surface area (Å²) in [6.45, 7) is 6.22. The van der Waals surface area contributed by atoms with Crippen LogP contribution in [0.3, 0.4) is 0 Å². The lowest BCUT2D eigenvalue weighted by Crippen LogP contribution is -2.06. The highest BCUT2D eigenvalue weighted by atomic mass is 79.9. The minimum Gasteiger partial charge on any atom is -0.493 e. The Kier molecular flexibility index (Phi) is 6.02. The van der Waals surface area contributed by atoms with Crippen LogP contribution in [0.25, 0.3) is 6.08 Å². The Morgan fingerprint density at radius 3 is 2.74 bits per heavy atom. The van der Waals surface area contributed by atoms with E-state index in [1.165, 1.54) is 0 Å². The molecule has 0 unspecified atom stereocenters. The summed E-state index contributed by atoms with van der Waals surface area (Å²) in [4.78, 5) is 10.7. The lowest BCUT2D eigenvalue weighted by molar-refractivity contribution is -0.431. The molecule has 4 nitrogen and oxygen atoms in total. The van der Waals surface area contributed by atoms with E-state index in [4.69, 9.17) is 4.74 Å². The normalized spacial score (nSPS) is 11.7. The Morgan fingerprint density at radius 1 is 1.53 bits per heavy atom. The second kappa shape index (κ2) is 7.28. The van der Waals surface area contributed by atoms with Gasteiger partial charge in [0.15, 0.2) is 0 Å². The van der Waals surface area contributed by atoms with E-state index in [9.17, 15) is 10.1 Å². The quantitative estimate of drug-likeness (QED) is 0.570. The van der Waals surface area contributed by atoms with Crippen LogP contribution < -0.4 is 4.74 Å². The first-order valence-corrected chi connectivity index (χ1v) is 7.03. The fraction of sp³-hybridized carbons (Fsp3) is 0.429. The van der Waals surface area contributed by atoms with E-state index < -0.39 is 0 Å². The minimum absolute atomic E-state index is 0.145. The maximum atomic E-state index is 11.0. The summed E-state index contributed by atoms with van der Waals surface area (Å²) < 4.78 is 6.48. The van der Waals surface area contributed by atoms with E-state index in [0.29, 0.717) is 12.4 Å². The van der Waals surface area contributed by atoms with Crippen molar-refractivity contribution >= 4 is 22.0 Å². The van der Waals surface area contributed by atoms with Gasteiger partial charge >= 0.3 is 0 Å². The molecule has 0 fully saturated rings. The summed E-state index contributed by atoms with van der Waals surface area (Å²) in [6.07, 6.45) is 2.48. The number of halogens is 1. The molecule has 1 rings (SSSR count). The smallest absolute Gasteiger partial charge is 0.249 e. The Balaban J connectivity index is 3.19. The molecule has 1 aromatic carbocycles. The van der Waals surface area contributed by atoms with Crippen LogP contribution in [-0.2, 0) is 0 Å². The molecule has 0 atom stereocenters. The molecule has 1 aromatic rings. The fourth-order valence-electron chi connectivity index (χ4n) is 1.57. The van der Waals surface area contributed by atoms with E-state index in [2.05, 4.69) is 15.9 Å². The second-order valence-corrected chi connectivity index (χ2v) is 5.43. The number of nitrogens with zero attached hydrogens (tertiary/aromatic N) is 1. The molecule has 0 radical (unpaired) electrons. The molecule has 0 amide bonds. The number of rotatable bonds is 6. The molecule has 0 aromatic heterocycles. The lowest BCUT2D eigenvalue weighted by Gasteiger charge is -2.09. The molecular weight excluding hydrogens is 310 g/mol. The zero-order chi connectivity index (χ0) is 14.4. The van der Waals surface area contributed by atoms with Crippen molar-refractivity contribution in [2.45, 2.75) is 27.2 Å². The predicted octanol–water partition coefficient (Wildman–Crippen LogP) is 4.51. The Hall–Kier alpha value is -1.36. The third-order valence-corrected chi connectivity index (χ3v) is 3.03. The number of hydrogen-bond donors (Lipinski definition) is 0. The maximum absolute atomic E-state index is 11.0. The average molecular weight is 328 g/mol. The molecule has 0 aliphatic carbocycles. The van der Waals surface area contributed by atoms with Crippen molar-refractivity contribution in [2.24, 2.45) is 5.92 Å². The molecule has 104 valence electrons. The number of benzene rings is 1. The summed E-state index contributed by atoms with van der Waals surface area (Å²) >= 11 is 3.37. The van der Waals surface area contributed by atoms with Gasteiger partial charge in [-0.05, 0) is 24.6 Å². The van der Waals surface area contributed by atoms with Crippen molar-refractivity contribution in [2.75, 3.05) is 6.61 Å². The van der Waals surface area contributed by atoms with Gasteiger partial charge in [0.2, 0.25) is 5.70 Å². The number of nitro groups is 1. The molecule has 0 aliphatic rings. The summed E-state index contributed by atoms with van der Waals surface area (Å²) in [5.74, 6) is 0.526. The van der Waals surface area contributed by atoms with Gasteiger partial charge in [0.05, 0.1) is 11.5 Å². The predicted molar refractivity (Wildman–Crippen MR) is 79.7 cm³/mol. The Bertz CT molecular complexity index is 484. The maximum Gasteiger partial charge on any atom is 0.249 e. The third-order valence-electron chi connectivity index (χ3n) is 2.54. The van der Waals surface area contributed by atoms with Crippen LogP contribution in [0.5, 0.6) is 5.75 Å². The van der Waals surface area contributed by atoms with Crippen molar-refractivity contribution in [3.8, 4) is 5.75 Å². The van der Waals surface area contributed by atoms with Gasteiger partial charge in [-0.15, -0.1) is 0 Å². The second-order valence-electron chi connectivity index (χ2n) is 4.51. The summed E-state index contributed by atoms with van der Waals surface area (Å²) in [5, 5.41) is 11.0. The highest BCUT2D eigenvalue weighted by Crippen LogP contribution is 2.27. The molecule has 0 saturated carbocycles. The summed E-state index contributed by atoms with van der Waals surface area (Å²) in [6, 6.07) is 5.52. The summed E-state index contributed by atoms with van der Waals surface area (Å²) in [5.41, 5.74) is 0.905. The zero-order valence-corrected chi connectivity index (χ0v) is 12.9. The van der Waals surface area contributed by atoms with Crippen LogP contribution in [0, 0.1) is 16.0 Å². The van der Waals surface area contributed by atoms with Crippen molar-refractivity contribution < 1.29 is 9.66 Å². The first kappa shape index (κ1) is 15.7. The van der Waals surface area contributed by atoms with Crippen molar-refractivity contribution in [1.82, 2.24) is 0 Å². The highest BCUT2D eigenvalue weighted by molar-refractivity contribution is 9.10. The fourth-order valence-corrected chi connectivity index (χ4v) is 1.94. The van der Waals surface area contributed by atoms with Gasteiger partial charge in [-0.2, -0.15) is 0 Å². The topological polar surface area (TPSA) is 52.4 Å². The van der Waals surface area contributed by atoms with Gasteiger partial charge in [0.25, 0.3) is 0 Å². The molecule has 0 N–H and O–H groups in total. The Labute approximate surface area is 121 Å². The first-order chi connectivity index (χ1) is 8.95. The van der Waals surface area contributed by atoms with Crippen molar-refractivity contribution in [3.05, 3.63) is 44.0 Å². The van der Waals surface area contributed by atoms with Crippen LogP contribution in [0.1, 0.15) is 32.8 Å². The molecule has 0 heterocycles. The summed E-state index contributed by atoms with van der Waals surface area (Å²) in [7, 11) is 0. The van der Waals surface area contributed by atoms with Gasteiger partial charge in [0.1, 0.15) is 5.75 Å². The van der Waals surface area contributed by atoms with Crippen LogP contribution in [0.4, 0.5) is 0 Å². The standard InChI is InChI=1S/C14H18BrNO3/c1-4-7-19-14-6-5-12(15)8-11(14)9-13(10(2)3)16(17)18/h5-6,8-10H,4,7H2,1-3H3/b13-9-. The molecule has 5 heteroatoms. The van der Waals surface area contributed by atoms with Crippen LogP contribution in [0.2, 0.25) is 0 Å². The zero-order valence-electron chi connectivity index (χ0n) is 11.4. The SMILES string of the molecule is CCCOc1ccc(Br)cc1/C=C(/C(C)C)[N+](=O)[O-].